The van der Waals surface area contributed by atoms with Crippen LogP contribution in [0.2, 0.25) is 0 Å². The molecule has 1 aliphatic heterocycles. The maximum Gasteiger partial charge on any atom is 0.322 e. The number of nitrogens with zero attached hydrogens (tertiary/aromatic N) is 3. The van der Waals surface area contributed by atoms with Gasteiger partial charge in [-0.3, -0.25) is 0 Å². The van der Waals surface area contributed by atoms with Crippen molar-refractivity contribution in [3.63, 3.8) is 0 Å². The highest BCUT2D eigenvalue weighted by atomic mass is 16.5. The van der Waals surface area contributed by atoms with Gasteiger partial charge in [0.15, 0.2) is 5.58 Å². The third-order valence-corrected chi connectivity index (χ3v) is 4.04. The predicted molar refractivity (Wildman–Crippen MR) is 98.1 cm³/mol. The smallest absolute Gasteiger partial charge is 0.322 e. The summed E-state index contributed by atoms with van der Waals surface area (Å²) in [6.45, 7) is 11.7. The SMILES string of the molecule is C=C(C)CN(CC)C(=O)Nc1ccc2nc(N3CCOCC3)oc2c1. The van der Waals surface area contributed by atoms with E-state index in [0.29, 0.717) is 43.6 Å². The minimum Gasteiger partial charge on any atom is -0.423 e. The van der Waals surface area contributed by atoms with Gasteiger partial charge >= 0.3 is 6.03 Å². The van der Waals surface area contributed by atoms with E-state index in [9.17, 15) is 4.79 Å². The van der Waals surface area contributed by atoms with Gasteiger partial charge in [-0.25, -0.2) is 4.79 Å². The highest BCUT2D eigenvalue weighted by Crippen LogP contribution is 2.25. The normalized spacial score (nSPS) is 14.6. The Hall–Kier alpha value is -2.54. The number of anilines is 2. The molecular weight excluding hydrogens is 320 g/mol. The number of carbonyl (C=O) groups is 1. The van der Waals surface area contributed by atoms with Crippen LogP contribution in [0.4, 0.5) is 16.5 Å². The van der Waals surface area contributed by atoms with Crippen molar-refractivity contribution in [1.82, 2.24) is 9.88 Å². The zero-order chi connectivity index (χ0) is 17.8. The molecule has 2 aromatic rings. The number of urea groups is 1. The largest absolute Gasteiger partial charge is 0.423 e. The lowest BCUT2D eigenvalue weighted by atomic mass is 10.3. The number of morpholine rings is 1. The highest BCUT2D eigenvalue weighted by molar-refractivity contribution is 5.91. The number of ether oxygens (including phenoxy) is 1. The number of fused-ring (bicyclic) bond motifs is 1. The highest BCUT2D eigenvalue weighted by Gasteiger charge is 2.18. The summed E-state index contributed by atoms with van der Waals surface area (Å²) in [5, 5.41) is 2.90. The predicted octanol–water partition coefficient (Wildman–Crippen LogP) is 3.09. The number of nitrogens with one attached hydrogen (secondary N) is 1. The van der Waals surface area contributed by atoms with Crippen molar-refractivity contribution >= 4 is 28.8 Å². The van der Waals surface area contributed by atoms with E-state index in [0.717, 1.165) is 24.2 Å². The van der Waals surface area contributed by atoms with Crippen molar-refractivity contribution in [1.29, 1.82) is 0 Å². The van der Waals surface area contributed by atoms with Crippen LogP contribution < -0.4 is 10.2 Å². The van der Waals surface area contributed by atoms with Gasteiger partial charge in [0.2, 0.25) is 0 Å². The van der Waals surface area contributed by atoms with Gasteiger partial charge in [0.25, 0.3) is 6.01 Å². The average Bonchev–Trinajstić information content (AvgIpc) is 3.03. The Kier molecular flexibility index (Phi) is 5.23. The van der Waals surface area contributed by atoms with Crippen LogP contribution in [0.25, 0.3) is 11.1 Å². The monoisotopic (exact) mass is 344 g/mol. The van der Waals surface area contributed by atoms with Crippen LogP contribution in [0.1, 0.15) is 13.8 Å². The summed E-state index contributed by atoms with van der Waals surface area (Å²) in [5.41, 5.74) is 3.05. The molecule has 1 saturated heterocycles. The first kappa shape index (κ1) is 17.3. The second kappa shape index (κ2) is 7.57. The third-order valence-electron chi connectivity index (χ3n) is 4.04. The Balaban J connectivity index is 1.74. The van der Waals surface area contributed by atoms with E-state index >= 15 is 0 Å². The fraction of sp³-hybridized carbons (Fsp3) is 0.444. The Morgan fingerprint density at radius 3 is 2.84 bits per heavy atom. The summed E-state index contributed by atoms with van der Waals surface area (Å²) >= 11 is 0. The Bertz CT molecular complexity index is 765. The van der Waals surface area contributed by atoms with E-state index in [2.05, 4.69) is 21.8 Å². The molecule has 25 heavy (non-hydrogen) atoms. The molecule has 0 saturated carbocycles. The molecule has 2 amide bonds. The molecule has 0 spiro atoms. The fourth-order valence-corrected chi connectivity index (χ4v) is 2.74. The van der Waals surface area contributed by atoms with Crippen LogP contribution in [0, 0.1) is 0 Å². The number of hydrogen-bond acceptors (Lipinski definition) is 5. The number of benzene rings is 1. The third kappa shape index (κ3) is 4.11. The quantitative estimate of drug-likeness (QED) is 0.844. The minimum atomic E-state index is -0.155. The summed E-state index contributed by atoms with van der Waals surface area (Å²) in [6.07, 6.45) is 0. The van der Waals surface area contributed by atoms with E-state index in [1.54, 1.807) is 11.0 Å². The van der Waals surface area contributed by atoms with Crippen LogP contribution in [0.5, 0.6) is 0 Å². The maximum atomic E-state index is 12.4. The van der Waals surface area contributed by atoms with E-state index in [-0.39, 0.29) is 6.03 Å². The number of rotatable bonds is 5. The van der Waals surface area contributed by atoms with Gasteiger partial charge in [0, 0.05) is 37.9 Å². The first-order valence-electron chi connectivity index (χ1n) is 8.50. The first-order valence-corrected chi connectivity index (χ1v) is 8.50. The van der Waals surface area contributed by atoms with Crippen molar-refractivity contribution < 1.29 is 13.9 Å². The summed E-state index contributed by atoms with van der Waals surface area (Å²) in [7, 11) is 0. The summed E-state index contributed by atoms with van der Waals surface area (Å²) in [4.78, 5) is 20.7. The Morgan fingerprint density at radius 2 is 2.16 bits per heavy atom. The molecule has 2 heterocycles. The maximum absolute atomic E-state index is 12.4. The molecule has 1 aliphatic rings. The second-order valence-corrected chi connectivity index (χ2v) is 6.18. The lowest BCUT2D eigenvalue weighted by Gasteiger charge is -2.24. The topological polar surface area (TPSA) is 70.8 Å². The molecule has 134 valence electrons. The van der Waals surface area contributed by atoms with Gasteiger partial charge in [-0.15, -0.1) is 0 Å². The van der Waals surface area contributed by atoms with E-state index < -0.39 is 0 Å². The van der Waals surface area contributed by atoms with Crippen LogP contribution in [0.3, 0.4) is 0 Å². The van der Waals surface area contributed by atoms with E-state index in [4.69, 9.17) is 9.15 Å². The van der Waals surface area contributed by atoms with Crippen LogP contribution in [-0.2, 0) is 4.74 Å². The molecule has 0 radical (unpaired) electrons. The Labute approximate surface area is 147 Å². The van der Waals surface area contributed by atoms with Crippen LogP contribution >= 0.6 is 0 Å². The molecule has 1 N–H and O–H groups in total. The van der Waals surface area contributed by atoms with Crippen LogP contribution in [0.15, 0.2) is 34.8 Å². The zero-order valence-corrected chi connectivity index (χ0v) is 14.7. The number of aromatic nitrogens is 1. The zero-order valence-electron chi connectivity index (χ0n) is 14.7. The van der Waals surface area contributed by atoms with E-state index in [1.807, 2.05) is 26.0 Å². The summed E-state index contributed by atoms with van der Waals surface area (Å²) < 4.78 is 11.2. The molecule has 7 heteroatoms. The molecule has 1 fully saturated rings. The first-order chi connectivity index (χ1) is 12.1. The van der Waals surface area contributed by atoms with Gasteiger partial charge in [0.05, 0.1) is 13.2 Å². The minimum absolute atomic E-state index is 0.155. The van der Waals surface area contributed by atoms with Gasteiger partial charge in [-0.2, -0.15) is 4.98 Å². The number of carbonyl (C=O) groups excluding carboxylic acids is 1. The average molecular weight is 344 g/mol. The lowest BCUT2D eigenvalue weighted by molar-refractivity contribution is 0.120. The standard InChI is InChI=1S/C18H24N4O3/c1-4-21(12-13(2)3)17(23)19-14-5-6-15-16(11-14)25-18(20-15)22-7-9-24-10-8-22/h5-6,11H,2,4,7-10,12H2,1,3H3,(H,19,23). The molecular formula is C18H24N4O3. The summed E-state index contributed by atoms with van der Waals surface area (Å²) in [6, 6.07) is 5.93. The number of hydrogen-bond donors (Lipinski definition) is 1. The summed E-state index contributed by atoms with van der Waals surface area (Å²) in [5.74, 6) is 0. The van der Waals surface area contributed by atoms with Crippen molar-refractivity contribution in [2.24, 2.45) is 0 Å². The molecule has 0 bridgehead atoms. The second-order valence-electron chi connectivity index (χ2n) is 6.18. The van der Waals surface area contributed by atoms with Crippen molar-refractivity contribution in [3.8, 4) is 0 Å². The van der Waals surface area contributed by atoms with Gasteiger partial charge in [-0.1, -0.05) is 12.2 Å². The molecule has 1 aromatic carbocycles. The van der Waals surface area contributed by atoms with Crippen LogP contribution in [-0.4, -0.2) is 55.3 Å². The molecule has 0 aliphatic carbocycles. The van der Waals surface area contributed by atoms with Gasteiger partial charge in [-0.05, 0) is 26.0 Å². The lowest BCUT2D eigenvalue weighted by Crippen LogP contribution is -2.36. The van der Waals surface area contributed by atoms with E-state index in [1.165, 1.54) is 0 Å². The molecule has 1 aromatic heterocycles. The molecule has 3 rings (SSSR count). The molecule has 0 atom stereocenters. The van der Waals surface area contributed by atoms with Crippen molar-refractivity contribution in [2.75, 3.05) is 49.6 Å². The fourth-order valence-electron chi connectivity index (χ4n) is 2.74. The van der Waals surface area contributed by atoms with Crippen molar-refractivity contribution in [3.05, 3.63) is 30.4 Å². The molecule has 7 nitrogen and oxygen atoms in total. The number of likely N-dealkylation sites (N-methyl/N-ethyl adjacent to an activating group) is 1. The Morgan fingerprint density at radius 1 is 1.40 bits per heavy atom. The molecule has 0 unspecified atom stereocenters. The van der Waals surface area contributed by atoms with Gasteiger partial charge in [0.1, 0.15) is 5.52 Å². The van der Waals surface area contributed by atoms with Gasteiger partial charge < -0.3 is 24.3 Å². The number of oxazole rings is 1. The number of amides is 2. The van der Waals surface area contributed by atoms with Crippen molar-refractivity contribution in [2.45, 2.75) is 13.8 Å².